The average Bonchev–Trinajstić information content (AvgIpc) is 2.91. The van der Waals surface area contributed by atoms with E-state index < -0.39 is 0 Å². The number of amides is 2. The van der Waals surface area contributed by atoms with Crippen molar-refractivity contribution in [2.75, 3.05) is 19.7 Å². The molecule has 24 heavy (non-hydrogen) atoms. The van der Waals surface area contributed by atoms with E-state index in [1.54, 1.807) is 11.0 Å². The number of likely N-dealkylation sites (tertiary alicyclic amines) is 1. The van der Waals surface area contributed by atoms with Crippen molar-refractivity contribution in [1.82, 2.24) is 10.2 Å². The molecule has 5 nitrogen and oxygen atoms in total. The molecule has 1 aliphatic heterocycles. The summed E-state index contributed by atoms with van der Waals surface area (Å²) in [6.45, 7) is 5.21. The molecule has 2 amide bonds. The Bertz CT molecular complexity index is 735. The zero-order valence-electron chi connectivity index (χ0n) is 14.0. The fourth-order valence-electron chi connectivity index (χ4n) is 3.29. The molecule has 0 saturated carbocycles. The largest absolute Gasteiger partial charge is 0.459 e. The number of aryl methyl sites for hydroxylation is 1. The molecule has 2 aromatic rings. The molecule has 0 bridgehead atoms. The van der Waals surface area contributed by atoms with Crippen LogP contribution in [0.4, 0.5) is 9.18 Å². The van der Waals surface area contributed by atoms with Crippen LogP contribution in [0.5, 0.6) is 0 Å². The number of benzene rings is 1. The lowest BCUT2D eigenvalue weighted by Gasteiger charge is -2.31. The van der Waals surface area contributed by atoms with Crippen molar-refractivity contribution in [2.45, 2.75) is 32.7 Å². The molecule has 1 aromatic heterocycles. The number of carbonyl (C=O) groups excluding carboxylic acids is 1. The van der Waals surface area contributed by atoms with Gasteiger partial charge in [-0.05, 0) is 50.8 Å². The molecule has 6 heteroatoms. The van der Waals surface area contributed by atoms with Crippen molar-refractivity contribution >= 4 is 17.0 Å². The van der Waals surface area contributed by atoms with Gasteiger partial charge in [0, 0.05) is 30.6 Å². The Balaban J connectivity index is 1.70. The van der Waals surface area contributed by atoms with Gasteiger partial charge in [0.15, 0.2) is 0 Å². The first-order valence-corrected chi connectivity index (χ1v) is 8.34. The summed E-state index contributed by atoms with van der Waals surface area (Å²) in [5.74, 6) is 0.634. The van der Waals surface area contributed by atoms with E-state index in [1.165, 1.54) is 12.1 Å². The van der Waals surface area contributed by atoms with Gasteiger partial charge in [-0.1, -0.05) is 0 Å². The number of aliphatic hydroxyl groups excluding tert-OH is 1. The van der Waals surface area contributed by atoms with Gasteiger partial charge in [0.2, 0.25) is 0 Å². The summed E-state index contributed by atoms with van der Waals surface area (Å²) in [6.07, 6.45) is 1.64. The molecule has 130 valence electrons. The fraction of sp³-hybridized carbons (Fsp3) is 0.500. The Morgan fingerprint density at radius 3 is 2.83 bits per heavy atom. The third-order valence-corrected chi connectivity index (χ3v) is 4.83. The third kappa shape index (κ3) is 3.24. The molecule has 1 unspecified atom stereocenters. The van der Waals surface area contributed by atoms with E-state index in [9.17, 15) is 14.3 Å². The van der Waals surface area contributed by atoms with Crippen LogP contribution in [0.15, 0.2) is 22.6 Å². The number of nitrogens with one attached hydrogen (secondary N) is 1. The van der Waals surface area contributed by atoms with Crippen LogP contribution < -0.4 is 5.32 Å². The lowest BCUT2D eigenvalue weighted by molar-refractivity contribution is 0.135. The van der Waals surface area contributed by atoms with Gasteiger partial charge in [0.25, 0.3) is 0 Å². The smallest absolute Gasteiger partial charge is 0.317 e. The minimum absolute atomic E-state index is 0.134. The highest BCUT2D eigenvalue weighted by Gasteiger charge is 2.25. The van der Waals surface area contributed by atoms with E-state index in [4.69, 9.17) is 4.42 Å². The number of nitrogens with zero attached hydrogens (tertiary/aromatic N) is 1. The number of hydrogen-bond acceptors (Lipinski definition) is 3. The predicted octanol–water partition coefficient (Wildman–Crippen LogP) is 3.36. The van der Waals surface area contributed by atoms with Gasteiger partial charge in [0.05, 0.1) is 6.04 Å². The first-order chi connectivity index (χ1) is 11.5. The Labute approximate surface area is 140 Å². The van der Waals surface area contributed by atoms with Crippen LogP contribution >= 0.6 is 0 Å². The summed E-state index contributed by atoms with van der Waals surface area (Å²) in [5.41, 5.74) is 1.46. The molecule has 2 N–H and O–H groups in total. The molecular formula is C18H23FN2O3. The monoisotopic (exact) mass is 334 g/mol. The minimum Gasteiger partial charge on any atom is -0.459 e. The van der Waals surface area contributed by atoms with E-state index in [-0.39, 0.29) is 24.5 Å². The maximum Gasteiger partial charge on any atom is 0.317 e. The molecule has 1 aliphatic rings. The number of urea groups is 1. The summed E-state index contributed by atoms with van der Waals surface area (Å²) in [6, 6.07) is 3.98. The molecule has 3 rings (SSSR count). The van der Waals surface area contributed by atoms with Crippen LogP contribution in [-0.2, 0) is 0 Å². The Hall–Kier alpha value is -2.08. The Kier molecular flexibility index (Phi) is 4.76. The molecule has 1 fully saturated rings. The molecule has 2 heterocycles. The van der Waals surface area contributed by atoms with E-state index in [0.29, 0.717) is 30.4 Å². The minimum atomic E-state index is -0.304. The lowest BCUT2D eigenvalue weighted by atomic mass is 9.98. The second kappa shape index (κ2) is 6.81. The normalized spacial score (nSPS) is 17.2. The van der Waals surface area contributed by atoms with Gasteiger partial charge in [0.1, 0.15) is 17.2 Å². The van der Waals surface area contributed by atoms with Crippen LogP contribution in [0.25, 0.3) is 11.0 Å². The predicted molar refractivity (Wildman–Crippen MR) is 89.2 cm³/mol. The molecule has 0 aliphatic carbocycles. The molecular weight excluding hydrogens is 311 g/mol. The topological polar surface area (TPSA) is 65.7 Å². The Morgan fingerprint density at radius 1 is 1.46 bits per heavy atom. The molecule has 1 aromatic carbocycles. The van der Waals surface area contributed by atoms with Crippen molar-refractivity contribution in [2.24, 2.45) is 5.92 Å². The highest BCUT2D eigenvalue weighted by atomic mass is 19.1. The third-order valence-electron chi connectivity index (χ3n) is 4.83. The van der Waals surface area contributed by atoms with Gasteiger partial charge in [-0.15, -0.1) is 0 Å². The lowest BCUT2D eigenvalue weighted by Crippen LogP contribution is -2.45. The van der Waals surface area contributed by atoms with Crippen LogP contribution in [0.1, 0.15) is 37.1 Å². The van der Waals surface area contributed by atoms with E-state index in [2.05, 4.69) is 5.32 Å². The number of carbonyl (C=O) groups is 1. The standard InChI is InChI=1S/C18H23FN2O3/c1-11-15-9-14(19)3-4-16(15)24-17(11)12(2)20-18(23)21-7-5-13(10-22)6-8-21/h3-4,9,12-13,22H,5-8,10H2,1-2H3,(H,20,23). The first kappa shape index (κ1) is 16.8. The first-order valence-electron chi connectivity index (χ1n) is 8.34. The summed E-state index contributed by atoms with van der Waals surface area (Å²) >= 11 is 0. The van der Waals surface area contributed by atoms with Crippen LogP contribution in [0.3, 0.4) is 0 Å². The number of rotatable bonds is 3. The highest BCUT2D eigenvalue weighted by molar-refractivity contribution is 5.82. The Morgan fingerprint density at radius 2 is 2.17 bits per heavy atom. The maximum absolute atomic E-state index is 13.4. The van der Waals surface area contributed by atoms with Gasteiger partial charge in [-0.25, -0.2) is 9.18 Å². The van der Waals surface area contributed by atoms with E-state index >= 15 is 0 Å². The van der Waals surface area contributed by atoms with Crippen molar-refractivity contribution in [1.29, 1.82) is 0 Å². The molecule has 0 spiro atoms. The van der Waals surface area contributed by atoms with Crippen molar-refractivity contribution < 1.29 is 18.7 Å². The van der Waals surface area contributed by atoms with Gasteiger partial charge < -0.3 is 19.7 Å². The van der Waals surface area contributed by atoms with Crippen LogP contribution in [0.2, 0.25) is 0 Å². The number of hydrogen-bond donors (Lipinski definition) is 2. The molecule has 1 saturated heterocycles. The van der Waals surface area contributed by atoms with Gasteiger partial charge in [-0.3, -0.25) is 0 Å². The molecule has 0 radical (unpaired) electrons. The second-order valence-electron chi connectivity index (χ2n) is 6.52. The zero-order chi connectivity index (χ0) is 17.3. The van der Waals surface area contributed by atoms with Crippen molar-refractivity contribution in [3.63, 3.8) is 0 Å². The average molecular weight is 334 g/mol. The van der Waals surface area contributed by atoms with Crippen molar-refractivity contribution in [3.05, 3.63) is 35.3 Å². The van der Waals surface area contributed by atoms with Gasteiger partial charge in [-0.2, -0.15) is 0 Å². The second-order valence-corrected chi connectivity index (χ2v) is 6.52. The van der Waals surface area contributed by atoms with E-state index in [0.717, 1.165) is 23.8 Å². The number of furan rings is 1. The zero-order valence-corrected chi connectivity index (χ0v) is 14.0. The SMILES string of the molecule is Cc1c(C(C)NC(=O)N2CCC(CO)CC2)oc2ccc(F)cc12. The van der Waals surface area contributed by atoms with Crippen LogP contribution in [0, 0.1) is 18.7 Å². The van der Waals surface area contributed by atoms with Gasteiger partial charge >= 0.3 is 6.03 Å². The quantitative estimate of drug-likeness (QED) is 0.904. The summed E-state index contributed by atoms with van der Waals surface area (Å²) in [4.78, 5) is 14.2. The van der Waals surface area contributed by atoms with E-state index in [1.807, 2.05) is 13.8 Å². The molecule has 1 atom stereocenters. The number of aliphatic hydroxyl groups is 1. The summed E-state index contributed by atoms with van der Waals surface area (Å²) < 4.78 is 19.2. The number of halogens is 1. The maximum atomic E-state index is 13.4. The van der Waals surface area contributed by atoms with Crippen LogP contribution in [-0.4, -0.2) is 35.7 Å². The van der Waals surface area contributed by atoms with Crippen molar-refractivity contribution in [3.8, 4) is 0 Å². The highest BCUT2D eigenvalue weighted by Crippen LogP contribution is 2.30. The summed E-state index contributed by atoms with van der Waals surface area (Å²) in [7, 11) is 0. The fourth-order valence-corrected chi connectivity index (χ4v) is 3.29. The number of piperidine rings is 1. The number of fused-ring (bicyclic) bond motifs is 1. The summed E-state index contributed by atoms with van der Waals surface area (Å²) in [5, 5.41) is 12.9.